The minimum absolute atomic E-state index is 0.0901. The molecule has 28 heavy (non-hydrogen) atoms. The first-order valence-electron chi connectivity index (χ1n) is 8.14. The zero-order chi connectivity index (χ0) is 19.9. The lowest BCUT2D eigenvalue weighted by atomic mass is 10.00. The first-order chi connectivity index (χ1) is 13.4. The minimum Gasteiger partial charge on any atom is -0.454 e. The van der Waals surface area contributed by atoms with Gasteiger partial charge in [0.25, 0.3) is 0 Å². The maximum atomic E-state index is 11.3. The lowest BCUT2D eigenvalue weighted by Gasteiger charge is -2.12. The quantitative estimate of drug-likeness (QED) is 0.461. The lowest BCUT2D eigenvalue weighted by molar-refractivity contribution is 0.173. The number of aryl methyl sites for hydroxylation is 1. The van der Waals surface area contributed by atoms with E-state index in [4.69, 9.17) is 18.5 Å². The number of phosphoric ester groups is 1. The van der Waals surface area contributed by atoms with Crippen LogP contribution in [0.1, 0.15) is 5.56 Å². The van der Waals surface area contributed by atoms with Gasteiger partial charge in [0.2, 0.25) is 6.79 Å². The Hall–Kier alpha value is -2.45. The monoisotopic (exact) mass is 421 g/mol. The van der Waals surface area contributed by atoms with Crippen LogP contribution in [0.2, 0.25) is 0 Å². The Labute approximate surface area is 164 Å². The van der Waals surface area contributed by atoms with Crippen molar-refractivity contribution in [1.82, 2.24) is 5.16 Å². The maximum Gasteiger partial charge on any atom is 0.524 e. The third kappa shape index (κ3) is 3.62. The lowest BCUT2D eigenvalue weighted by Crippen LogP contribution is -1.93. The number of aromatic nitrogens is 1. The molecule has 0 saturated carbocycles. The van der Waals surface area contributed by atoms with E-state index in [2.05, 4.69) is 5.16 Å². The number of benzene rings is 2. The molecule has 8 nitrogen and oxygen atoms in total. The van der Waals surface area contributed by atoms with E-state index in [1.165, 1.54) is 18.0 Å². The third-order valence-electron chi connectivity index (χ3n) is 4.19. The molecule has 2 heterocycles. The second-order valence-electron chi connectivity index (χ2n) is 6.05. The van der Waals surface area contributed by atoms with E-state index in [-0.39, 0.29) is 12.5 Å². The van der Waals surface area contributed by atoms with Crippen LogP contribution in [-0.4, -0.2) is 28.0 Å². The van der Waals surface area contributed by atoms with Crippen LogP contribution in [0.5, 0.6) is 17.2 Å². The molecule has 0 amide bonds. The van der Waals surface area contributed by atoms with E-state index >= 15 is 0 Å². The summed E-state index contributed by atoms with van der Waals surface area (Å²) in [5.74, 6) is 1.43. The topological polar surface area (TPSA) is 111 Å². The summed E-state index contributed by atoms with van der Waals surface area (Å²) in [6.45, 7) is 2.08. The van der Waals surface area contributed by atoms with E-state index in [0.29, 0.717) is 33.2 Å². The van der Waals surface area contributed by atoms with Gasteiger partial charge in [0, 0.05) is 16.0 Å². The molecule has 0 saturated heterocycles. The summed E-state index contributed by atoms with van der Waals surface area (Å²) >= 11 is 1.32. The standard InChI is InChI=1S/C18H16NO7PS/c1-10-5-12(7-15-18(10)24-9-23-15)17-13(8-25-19-17)11-3-4-16(28-2)14(6-11)26-27(20,21)22/h3-8H,9H2,1-2H3,(H2,20,21,22). The Kier molecular flexibility index (Phi) is 4.84. The number of thioether (sulfide) groups is 1. The Bertz CT molecular complexity index is 1090. The van der Waals surface area contributed by atoms with Gasteiger partial charge in [-0.1, -0.05) is 11.2 Å². The molecule has 4 rings (SSSR count). The van der Waals surface area contributed by atoms with Gasteiger partial charge < -0.3 is 18.5 Å². The van der Waals surface area contributed by atoms with Gasteiger partial charge in [-0.15, -0.1) is 11.8 Å². The summed E-state index contributed by atoms with van der Waals surface area (Å²) in [6.07, 6.45) is 3.27. The van der Waals surface area contributed by atoms with Crippen LogP contribution >= 0.6 is 19.6 Å². The average molecular weight is 421 g/mol. The number of fused-ring (bicyclic) bond motifs is 1. The van der Waals surface area contributed by atoms with Crippen molar-refractivity contribution in [2.45, 2.75) is 11.8 Å². The van der Waals surface area contributed by atoms with Crippen LogP contribution in [0.4, 0.5) is 0 Å². The molecule has 10 heteroatoms. The predicted octanol–water partition coefficient (Wildman–Crippen LogP) is 4.24. The summed E-state index contributed by atoms with van der Waals surface area (Å²) in [6, 6.07) is 8.83. The molecule has 0 spiro atoms. The minimum atomic E-state index is -4.69. The van der Waals surface area contributed by atoms with Crippen LogP contribution in [0.15, 0.2) is 46.0 Å². The Balaban J connectivity index is 1.79. The van der Waals surface area contributed by atoms with E-state index in [0.717, 1.165) is 11.1 Å². The molecule has 0 radical (unpaired) electrons. The van der Waals surface area contributed by atoms with Gasteiger partial charge in [0.1, 0.15) is 17.7 Å². The van der Waals surface area contributed by atoms with Crippen LogP contribution < -0.4 is 14.0 Å². The molecule has 0 aliphatic carbocycles. The maximum absolute atomic E-state index is 11.3. The molecule has 1 aliphatic rings. The van der Waals surface area contributed by atoms with Crippen molar-refractivity contribution in [2.24, 2.45) is 0 Å². The largest absolute Gasteiger partial charge is 0.524 e. The van der Waals surface area contributed by atoms with Gasteiger partial charge in [0.15, 0.2) is 11.5 Å². The number of ether oxygens (including phenoxy) is 2. The highest BCUT2D eigenvalue weighted by Gasteiger charge is 2.23. The van der Waals surface area contributed by atoms with Crippen molar-refractivity contribution in [3.63, 3.8) is 0 Å². The molecule has 1 aliphatic heterocycles. The van der Waals surface area contributed by atoms with Crippen molar-refractivity contribution in [3.05, 3.63) is 42.2 Å². The molecule has 146 valence electrons. The van der Waals surface area contributed by atoms with Crippen LogP contribution in [0, 0.1) is 6.92 Å². The van der Waals surface area contributed by atoms with Gasteiger partial charge in [0.05, 0.1) is 0 Å². The van der Waals surface area contributed by atoms with Gasteiger partial charge in [-0.3, -0.25) is 9.79 Å². The molecule has 1 aromatic heterocycles. The van der Waals surface area contributed by atoms with E-state index in [9.17, 15) is 14.4 Å². The van der Waals surface area contributed by atoms with Crippen molar-refractivity contribution in [3.8, 4) is 39.6 Å². The first-order valence-corrected chi connectivity index (χ1v) is 10.9. The summed E-state index contributed by atoms with van der Waals surface area (Å²) in [7, 11) is -4.69. The highest BCUT2D eigenvalue weighted by molar-refractivity contribution is 7.98. The molecule has 0 bridgehead atoms. The van der Waals surface area contributed by atoms with Crippen molar-refractivity contribution >= 4 is 19.6 Å². The fourth-order valence-electron chi connectivity index (χ4n) is 3.02. The molecule has 0 atom stereocenters. The number of rotatable bonds is 5. The molecule has 2 N–H and O–H groups in total. The Morgan fingerprint density at radius 2 is 2.00 bits per heavy atom. The number of hydrogen-bond donors (Lipinski definition) is 2. The summed E-state index contributed by atoms with van der Waals surface area (Å²) in [4.78, 5) is 19.0. The Morgan fingerprint density at radius 1 is 1.18 bits per heavy atom. The number of hydrogen-bond acceptors (Lipinski definition) is 7. The van der Waals surface area contributed by atoms with Crippen LogP contribution in [0.3, 0.4) is 0 Å². The van der Waals surface area contributed by atoms with E-state index in [1.54, 1.807) is 18.4 Å². The fourth-order valence-corrected chi connectivity index (χ4v) is 3.99. The second kappa shape index (κ2) is 7.18. The first kappa shape index (κ1) is 18.9. The second-order valence-corrected chi connectivity index (χ2v) is 8.06. The molecule has 0 unspecified atom stereocenters. The van der Waals surface area contributed by atoms with Crippen molar-refractivity contribution in [1.29, 1.82) is 0 Å². The van der Waals surface area contributed by atoms with E-state index in [1.807, 2.05) is 25.1 Å². The van der Waals surface area contributed by atoms with Gasteiger partial charge in [-0.25, -0.2) is 4.57 Å². The third-order valence-corrected chi connectivity index (χ3v) is 5.40. The predicted molar refractivity (Wildman–Crippen MR) is 103 cm³/mol. The zero-order valence-corrected chi connectivity index (χ0v) is 16.6. The molecule has 3 aromatic rings. The van der Waals surface area contributed by atoms with Gasteiger partial charge in [-0.05, 0) is 48.6 Å². The SMILES string of the molecule is CSc1ccc(-c2conc2-c2cc(C)c3c(c2)OCO3)cc1OP(=O)(O)O. The number of nitrogens with zero attached hydrogens (tertiary/aromatic N) is 1. The average Bonchev–Trinajstić information content (AvgIpc) is 3.29. The smallest absolute Gasteiger partial charge is 0.454 e. The van der Waals surface area contributed by atoms with Crippen LogP contribution in [0.25, 0.3) is 22.4 Å². The van der Waals surface area contributed by atoms with Crippen molar-refractivity contribution in [2.75, 3.05) is 13.0 Å². The van der Waals surface area contributed by atoms with Crippen molar-refractivity contribution < 1.29 is 32.9 Å². The Morgan fingerprint density at radius 3 is 2.75 bits per heavy atom. The molecule has 0 fully saturated rings. The van der Waals surface area contributed by atoms with Gasteiger partial charge in [-0.2, -0.15) is 0 Å². The molecular weight excluding hydrogens is 405 g/mol. The normalized spacial score (nSPS) is 13.0. The molecule has 2 aromatic carbocycles. The fraction of sp³-hybridized carbons (Fsp3) is 0.167. The highest BCUT2D eigenvalue weighted by atomic mass is 32.2. The highest BCUT2D eigenvalue weighted by Crippen LogP contribution is 2.45. The van der Waals surface area contributed by atoms with E-state index < -0.39 is 7.82 Å². The zero-order valence-electron chi connectivity index (χ0n) is 14.9. The van der Waals surface area contributed by atoms with Crippen LogP contribution in [-0.2, 0) is 4.57 Å². The summed E-state index contributed by atoms with van der Waals surface area (Å²) < 4.78 is 32.3. The molecular formula is C18H16NO7PS. The van der Waals surface area contributed by atoms with Gasteiger partial charge >= 0.3 is 7.82 Å². The summed E-state index contributed by atoms with van der Waals surface area (Å²) in [5, 5.41) is 4.11. The summed E-state index contributed by atoms with van der Waals surface area (Å²) in [5.41, 5.74) is 3.55. The number of phosphoric acid groups is 1.